The molecule has 1 fully saturated rings. The topological polar surface area (TPSA) is 45.2 Å². The number of hydrogen-bond acceptors (Lipinski definition) is 3. The number of amides is 1. The highest BCUT2D eigenvalue weighted by Crippen LogP contribution is 2.31. The van der Waals surface area contributed by atoms with Gasteiger partial charge in [-0.25, -0.2) is 0 Å². The smallest absolute Gasteiger partial charge is 0.234 e. The Morgan fingerprint density at radius 1 is 0.800 bits per heavy atom. The molecule has 6 rings (SSSR count). The van der Waals surface area contributed by atoms with Gasteiger partial charge in [-0.2, -0.15) is 0 Å². The predicted octanol–water partition coefficient (Wildman–Crippen LogP) is 6.76. The summed E-state index contributed by atoms with van der Waals surface area (Å²) in [6, 6.07) is 41.9. The molecule has 2 atom stereocenters. The van der Waals surface area contributed by atoms with Crippen molar-refractivity contribution in [2.75, 3.05) is 6.54 Å². The minimum Gasteiger partial charge on any atom is -0.338 e. The second kappa shape index (κ2) is 12.3. The number of benzene rings is 4. The van der Waals surface area contributed by atoms with Crippen molar-refractivity contribution in [2.24, 2.45) is 0 Å². The van der Waals surface area contributed by atoms with Gasteiger partial charge in [0.25, 0.3) is 0 Å². The van der Waals surface area contributed by atoms with Gasteiger partial charge in [-0.05, 0) is 53.6 Å². The molecule has 1 saturated heterocycles. The van der Waals surface area contributed by atoms with Gasteiger partial charge >= 0.3 is 0 Å². The molecule has 0 saturated carbocycles. The lowest BCUT2D eigenvalue weighted by atomic mass is 9.86. The van der Waals surface area contributed by atoms with Crippen LogP contribution in [-0.4, -0.2) is 34.4 Å². The van der Waals surface area contributed by atoms with Gasteiger partial charge in [-0.1, -0.05) is 109 Å². The predicted molar refractivity (Wildman–Crippen MR) is 162 cm³/mol. The van der Waals surface area contributed by atoms with Crippen LogP contribution in [-0.2, 0) is 17.8 Å². The number of para-hydroxylation sites is 1. The lowest BCUT2D eigenvalue weighted by Gasteiger charge is -2.42. The maximum absolute atomic E-state index is 14.4. The molecule has 4 heteroatoms. The number of carbonyl (C=O) groups excluding carboxylic acids is 1. The first-order valence-electron chi connectivity index (χ1n) is 14.3. The van der Waals surface area contributed by atoms with Crippen molar-refractivity contribution in [1.29, 1.82) is 0 Å². The molecular weight excluding hydrogens is 490 g/mol. The molecule has 4 nitrogen and oxygen atoms in total. The summed E-state index contributed by atoms with van der Waals surface area (Å²) in [6.07, 6.45) is 4.58. The molecule has 4 aromatic carbocycles. The number of fused-ring (bicyclic) bond motifs is 1. The molecule has 0 spiro atoms. The van der Waals surface area contributed by atoms with Crippen LogP contribution >= 0.6 is 0 Å². The number of carbonyl (C=O) groups is 1. The number of piperidine rings is 1. The minimum absolute atomic E-state index is 0.116. The van der Waals surface area contributed by atoms with E-state index in [0.717, 1.165) is 49.0 Å². The third kappa shape index (κ3) is 5.83. The van der Waals surface area contributed by atoms with E-state index in [4.69, 9.17) is 0 Å². The van der Waals surface area contributed by atoms with Crippen LogP contribution in [0.15, 0.2) is 128 Å². The fraction of sp³-hybridized carbons (Fsp3) is 0.222. The maximum atomic E-state index is 14.4. The highest BCUT2D eigenvalue weighted by molar-refractivity contribution is 5.87. The molecule has 2 unspecified atom stereocenters. The molecule has 200 valence electrons. The highest BCUT2D eigenvalue weighted by atomic mass is 16.2. The number of rotatable bonds is 8. The average Bonchev–Trinajstić information content (AvgIpc) is 3.02. The van der Waals surface area contributed by atoms with Crippen molar-refractivity contribution in [2.45, 2.75) is 43.8 Å². The SMILES string of the molecule is O=C(C(c1ccccc1)c1ccccc1)N1CCC(NCc2ccnc3ccccc23)CC1Cc1ccccc1. The molecule has 1 aromatic heterocycles. The molecular formula is C36H35N3O. The molecule has 1 aliphatic heterocycles. The van der Waals surface area contributed by atoms with E-state index in [0.29, 0.717) is 6.04 Å². The van der Waals surface area contributed by atoms with Gasteiger partial charge < -0.3 is 10.2 Å². The van der Waals surface area contributed by atoms with Crippen LogP contribution in [0.4, 0.5) is 0 Å². The molecule has 1 aliphatic rings. The Hall–Kier alpha value is -4.28. The van der Waals surface area contributed by atoms with Gasteiger partial charge in [0.05, 0.1) is 11.4 Å². The summed E-state index contributed by atoms with van der Waals surface area (Å²) in [4.78, 5) is 21.1. The van der Waals surface area contributed by atoms with Crippen LogP contribution in [0.2, 0.25) is 0 Å². The van der Waals surface area contributed by atoms with Crippen LogP contribution in [0.3, 0.4) is 0 Å². The van der Waals surface area contributed by atoms with Crippen LogP contribution in [0.5, 0.6) is 0 Å². The molecule has 1 N–H and O–H groups in total. The van der Waals surface area contributed by atoms with Gasteiger partial charge in [0, 0.05) is 36.8 Å². The summed E-state index contributed by atoms with van der Waals surface area (Å²) in [5.74, 6) is -0.120. The number of nitrogens with zero attached hydrogens (tertiary/aromatic N) is 2. The van der Waals surface area contributed by atoms with Gasteiger partial charge in [-0.15, -0.1) is 0 Å². The van der Waals surface area contributed by atoms with Crippen molar-refractivity contribution in [3.63, 3.8) is 0 Å². The van der Waals surface area contributed by atoms with E-state index >= 15 is 0 Å². The van der Waals surface area contributed by atoms with Crippen molar-refractivity contribution >= 4 is 16.8 Å². The monoisotopic (exact) mass is 525 g/mol. The Morgan fingerprint density at radius 3 is 2.12 bits per heavy atom. The van der Waals surface area contributed by atoms with Crippen LogP contribution < -0.4 is 5.32 Å². The first kappa shape index (κ1) is 26.0. The summed E-state index contributed by atoms with van der Waals surface area (Å²) >= 11 is 0. The zero-order valence-electron chi connectivity index (χ0n) is 22.7. The standard InChI is InChI=1S/C36H35N3O/c40-36(35(28-14-6-2-7-15-28)29-16-8-3-9-17-29)39-23-21-31(25-32(39)24-27-12-4-1-5-13-27)38-26-30-20-22-37-34-19-11-10-18-33(30)34/h1-20,22,31-32,35,38H,21,23-26H2. The van der Waals surface area contributed by atoms with Crippen molar-refractivity contribution < 1.29 is 4.79 Å². The maximum Gasteiger partial charge on any atom is 0.234 e. The minimum atomic E-state index is -0.312. The summed E-state index contributed by atoms with van der Waals surface area (Å²) in [5.41, 5.74) is 5.64. The molecule has 40 heavy (non-hydrogen) atoms. The van der Waals surface area contributed by atoms with Crippen molar-refractivity contribution in [3.05, 3.63) is 150 Å². The lowest BCUT2D eigenvalue weighted by Crippen LogP contribution is -2.53. The van der Waals surface area contributed by atoms with E-state index in [1.807, 2.05) is 48.7 Å². The molecule has 5 aromatic rings. The van der Waals surface area contributed by atoms with Gasteiger partial charge in [0.1, 0.15) is 0 Å². The van der Waals surface area contributed by atoms with Crippen molar-refractivity contribution in [3.8, 4) is 0 Å². The fourth-order valence-corrected chi connectivity index (χ4v) is 6.10. The average molecular weight is 526 g/mol. The largest absolute Gasteiger partial charge is 0.338 e. The molecule has 0 bridgehead atoms. The number of pyridine rings is 1. The number of nitrogens with one attached hydrogen (secondary N) is 1. The highest BCUT2D eigenvalue weighted by Gasteiger charge is 2.36. The molecule has 0 radical (unpaired) electrons. The Balaban J connectivity index is 1.25. The van der Waals surface area contributed by atoms with E-state index in [1.165, 1.54) is 16.5 Å². The number of aromatic nitrogens is 1. The fourth-order valence-electron chi connectivity index (χ4n) is 6.10. The second-order valence-electron chi connectivity index (χ2n) is 10.7. The molecule has 2 heterocycles. The molecule has 1 amide bonds. The third-order valence-electron chi connectivity index (χ3n) is 8.15. The zero-order chi connectivity index (χ0) is 27.1. The second-order valence-corrected chi connectivity index (χ2v) is 10.7. The van der Waals surface area contributed by atoms with Crippen LogP contribution in [0.25, 0.3) is 10.9 Å². The quantitative estimate of drug-likeness (QED) is 0.243. The van der Waals surface area contributed by atoms with Gasteiger partial charge in [0.15, 0.2) is 0 Å². The third-order valence-corrected chi connectivity index (χ3v) is 8.15. The summed E-state index contributed by atoms with van der Waals surface area (Å²) in [5, 5.41) is 5.03. The van der Waals surface area contributed by atoms with E-state index in [1.54, 1.807) is 0 Å². The lowest BCUT2D eigenvalue weighted by molar-refractivity contribution is -0.135. The first-order valence-corrected chi connectivity index (χ1v) is 14.3. The Kier molecular flexibility index (Phi) is 7.97. The summed E-state index contributed by atoms with van der Waals surface area (Å²) in [7, 11) is 0. The van der Waals surface area contributed by atoms with E-state index < -0.39 is 0 Å². The molecule has 0 aliphatic carbocycles. The van der Waals surface area contributed by atoms with E-state index in [2.05, 4.69) is 94.1 Å². The van der Waals surface area contributed by atoms with Crippen molar-refractivity contribution in [1.82, 2.24) is 15.2 Å². The van der Waals surface area contributed by atoms with Crippen LogP contribution in [0, 0.1) is 0 Å². The van der Waals surface area contributed by atoms with E-state index in [-0.39, 0.29) is 17.9 Å². The summed E-state index contributed by atoms with van der Waals surface area (Å²) < 4.78 is 0. The zero-order valence-corrected chi connectivity index (χ0v) is 22.7. The Morgan fingerprint density at radius 2 is 1.43 bits per heavy atom. The normalized spacial score (nSPS) is 17.3. The first-order chi connectivity index (χ1) is 19.8. The number of hydrogen-bond donors (Lipinski definition) is 1. The number of likely N-dealkylation sites (tertiary alicyclic amines) is 1. The summed E-state index contributed by atoms with van der Waals surface area (Å²) in [6.45, 7) is 1.53. The van der Waals surface area contributed by atoms with Gasteiger partial charge in [-0.3, -0.25) is 9.78 Å². The Bertz CT molecular complexity index is 1490. The Labute approximate surface area is 236 Å². The van der Waals surface area contributed by atoms with Gasteiger partial charge in [0.2, 0.25) is 5.91 Å². The van der Waals surface area contributed by atoms with Crippen LogP contribution in [0.1, 0.15) is 41.0 Å². The van der Waals surface area contributed by atoms with E-state index in [9.17, 15) is 4.79 Å².